The van der Waals surface area contributed by atoms with Gasteiger partial charge in [0.15, 0.2) is 0 Å². The highest BCUT2D eigenvalue weighted by molar-refractivity contribution is 5.77. The number of nitrogens with zero attached hydrogens (tertiary/aromatic N) is 2. The molecule has 0 saturated carbocycles. The summed E-state index contributed by atoms with van der Waals surface area (Å²) in [4.78, 5) is 22.1. The number of hydrogen-bond donors (Lipinski definition) is 1. The Morgan fingerprint density at radius 1 is 1.35 bits per heavy atom. The van der Waals surface area contributed by atoms with E-state index in [1.54, 1.807) is 0 Å². The molecule has 1 unspecified atom stereocenters. The number of hydrogen-bond acceptors (Lipinski definition) is 3. The SMILES string of the molecule is CCC1CCCCN1Cc1nc2ccccc2c(=O)[nH]1. The number of H-pyrrole nitrogens is 1. The summed E-state index contributed by atoms with van der Waals surface area (Å²) in [5, 5.41) is 0.668. The van der Waals surface area contributed by atoms with Gasteiger partial charge in [0.1, 0.15) is 5.82 Å². The fourth-order valence-electron chi connectivity index (χ4n) is 3.13. The molecule has 0 amide bonds. The highest BCUT2D eigenvalue weighted by Gasteiger charge is 2.21. The molecule has 1 atom stereocenters. The predicted molar refractivity (Wildman–Crippen MR) is 80.7 cm³/mol. The van der Waals surface area contributed by atoms with Gasteiger partial charge < -0.3 is 4.98 Å². The van der Waals surface area contributed by atoms with Crippen LogP contribution in [-0.2, 0) is 6.54 Å². The Kier molecular flexibility index (Phi) is 3.83. The van der Waals surface area contributed by atoms with Crippen molar-refractivity contribution in [2.45, 2.75) is 45.2 Å². The number of aromatic amines is 1. The maximum Gasteiger partial charge on any atom is 0.258 e. The Balaban J connectivity index is 1.88. The molecular formula is C16H21N3O. The first-order valence-corrected chi connectivity index (χ1v) is 7.50. The molecule has 1 fully saturated rings. The molecule has 3 rings (SSSR count). The van der Waals surface area contributed by atoms with E-state index in [0.717, 1.165) is 30.9 Å². The Hall–Kier alpha value is -1.68. The Morgan fingerprint density at radius 3 is 3.05 bits per heavy atom. The predicted octanol–water partition coefficient (Wildman–Crippen LogP) is 2.69. The van der Waals surface area contributed by atoms with Crippen LogP contribution in [0.25, 0.3) is 10.9 Å². The number of rotatable bonds is 3. The highest BCUT2D eigenvalue weighted by Crippen LogP contribution is 2.20. The van der Waals surface area contributed by atoms with E-state index in [2.05, 4.69) is 21.8 Å². The van der Waals surface area contributed by atoms with Crippen molar-refractivity contribution in [3.05, 3.63) is 40.4 Å². The van der Waals surface area contributed by atoms with Crippen LogP contribution >= 0.6 is 0 Å². The zero-order valence-electron chi connectivity index (χ0n) is 11.9. The third-order valence-corrected chi connectivity index (χ3v) is 4.24. The summed E-state index contributed by atoms with van der Waals surface area (Å²) >= 11 is 0. The molecule has 0 spiro atoms. The molecule has 4 nitrogen and oxygen atoms in total. The Labute approximate surface area is 118 Å². The van der Waals surface area contributed by atoms with Crippen LogP contribution in [0, 0.1) is 0 Å². The number of nitrogens with one attached hydrogen (secondary N) is 1. The van der Waals surface area contributed by atoms with Crippen LogP contribution < -0.4 is 5.56 Å². The lowest BCUT2D eigenvalue weighted by molar-refractivity contribution is 0.133. The van der Waals surface area contributed by atoms with Crippen molar-refractivity contribution in [3.63, 3.8) is 0 Å². The van der Waals surface area contributed by atoms with Crippen LogP contribution in [0.5, 0.6) is 0 Å². The Bertz CT molecular complexity index is 649. The summed E-state index contributed by atoms with van der Waals surface area (Å²) in [5.41, 5.74) is 0.756. The molecule has 0 bridgehead atoms. The molecule has 0 radical (unpaired) electrons. The number of piperidine rings is 1. The first-order chi connectivity index (χ1) is 9.78. The topological polar surface area (TPSA) is 49.0 Å². The summed E-state index contributed by atoms with van der Waals surface area (Å²) in [5.74, 6) is 0.786. The second-order valence-electron chi connectivity index (χ2n) is 5.56. The molecule has 1 saturated heterocycles. The molecule has 20 heavy (non-hydrogen) atoms. The van der Waals surface area contributed by atoms with E-state index in [4.69, 9.17) is 0 Å². The lowest BCUT2D eigenvalue weighted by atomic mass is 10.00. The van der Waals surface area contributed by atoms with Crippen LogP contribution in [0.4, 0.5) is 0 Å². The van der Waals surface area contributed by atoms with Gasteiger partial charge in [-0.15, -0.1) is 0 Å². The van der Waals surface area contributed by atoms with Crippen LogP contribution in [0.1, 0.15) is 38.4 Å². The number of likely N-dealkylation sites (tertiary alicyclic amines) is 1. The molecule has 1 N–H and O–H groups in total. The minimum absolute atomic E-state index is 0.0318. The molecule has 0 aliphatic carbocycles. The lowest BCUT2D eigenvalue weighted by Crippen LogP contribution is -2.39. The number of aromatic nitrogens is 2. The second-order valence-corrected chi connectivity index (χ2v) is 5.56. The number of benzene rings is 1. The second kappa shape index (κ2) is 5.75. The summed E-state index contributed by atoms with van der Waals surface area (Å²) in [6.45, 7) is 4.09. The highest BCUT2D eigenvalue weighted by atomic mass is 16.1. The molecule has 1 aromatic carbocycles. The molecule has 106 valence electrons. The average molecular weight is 271 g/mol. The first kappa shape index (κ1) is 13.3. The van der Waals surface area contributed by atoms with Gasteiger partial charge in [0.2, 0.25) is 0 Å². The number of para-hydroxylation sites is 1. The van der Waals surface area contributed by atoms with Gasteiger partial charge in [-0.2, -0.15) is 0 Å². The van der Waals surface area contributed by atoms with E-state index in [-0.39, 0.29) is 5.56 Å². The van der Waals surface area contributed by atoms with Crippen molar-refractivity contribution in [2.75, 3.05) is 6.54 Å². The van der Waals surface area contributed by atoms with E-state index in [0.29, 0.717) is 11.4 Å². The average Bonchev–Trinajstić information content (AvgIpc) is 2.48. The van der Waals surface area contributed by atoms with Crippen molar-refractivity contribution in [1.29, 1.82) is 0 Å². The van der Waals surface area contributed by atoms with Gasteiger partial charge in [-0.25, -0.2) is 4.98 Å². The van der Waals surface area contributed by atoms with E-state index < -0.39 is 0 Å². The van der Waals surface area contributed by atoms with Crippen LogP contribution in [0.2, 0.25) is 0 Å². The van der Waals surface area contributed by atoms with Gasteiger partial charge in [0, 0.05) is 6.04 Å². The van der Waals surface area contributed by atoms with Crippen LogP contribution in [-0.4, -0.2) is 27.5 Å². The summed E-state index contributed by atoms with van der Waals surface area (Å²) in [6.07, 6.45) is 4.98. The molecule has 1 aliphatic rings. The quantitative estimate of drug-likeness (QED) is 0.933. The van der Waals surface area contributed by atoms with Crippen LogP contribution in [0.3, 0.4) is 0 Å². The molecule has 2 heterocycles. The maximum atomic E-state index is 12.1. The zero-order valence-corrected chi connectivity index (χ0v) is 11.9. The fraction of sp³-hybridized carbons (Fsp3) is 0.500. The van der Waals surface area contributed by atoms with Crippen molar-refractivity contribution in [1.82, 2.24) is 14.9 Å². The Morgan fingerprint density at radius 2 is 2.20 bits per heavy atom. The molecular weight excluding hydrogens is 250 g/mol. The molecule has 2 aromatic rings. The van der Waals surface area contributed by atoms with Gasteiger partial charge in [0.05, 0.1) is 17.4 Å². The molecule has 4 heteroatoms. The van der Waals surface area contributed by atoms with E-state index in [1.807, 2.05) is 24.3 Å². The van der Waals surface area contributed by atoms with Crippen molar-refractivity contribution >= 4 is 10.9 Å². The molecule has 1 aliphatic heterocycles. The lowest BCUT2D eigenvalue weighted by Gasteiger charge is -2.34. The smallest absolute Gasteiger partial charge is 0.258 e. The summed E-state index contributed by atoms with van der Waals surface area (Å²) in [6, 6.07) is 8.15. The van der Waals surface area contributed by atoms with Gasteiger partial charge >= 0.3 is 0 Å². The molecule has 1 aromatic heterocycles. The van der Waals surface area contributed by atoms with E-state index in [9.17, 15) is 4.79 Å². The summed E-state index contributed by atoms with van der Waals surface area (Å²) < 4.78 is 0. The normalized spacial score (nSPS) is 20.4. The van der Waals surface area contributed by atoms with Crippen molar-refractivity contribution in [2.24, 2.45) is 0 Å². The minimum Gasteiger partial charge on any atom is -0.309 e. The largest absolute Gasteiger partial charge is 0.309 e. The fourth-order valence-corrected chi connectivity index (χ4v) is 3.13. The van der Waals surface area contributed by atoms with E-state index in [1.165, 1.54) is 19.3 Å². The monoisotopic (exact) mass is 271 g/mol. The van der Waals surface area contributed by atoms with Crippen molar-refractivity contribution < 1.29 is 0 Å². The van der Waals surface area contributed by atoms with Gasteiger partial charge in [-0.1, -0.05) is 25.5 Å². The minimum atomic E-state index is -0.0318. The third-order valence-electron chi connectivity index (χ3n) is 4.24. The van der Waals surface area contributed by atoms with Crippen molar-refractivity contribution in [3.8, 4) is 0 Å². The number of fused-ring (bicyclic) bond motifs is 1. The summed E-state index contributed by atoms with van der Waals surface area (Å²) in [7, 11) is 0. The first-order valence-electron chi connectivity index (χ1n) is 7.50. The third kappa shape index (κ3) is 2.61. The van der Waals surface area contributed by atoms with Gasteiger partial charge in [-0.3, -0.25) is 9.69 Å². The van der Waals surface area contributed by atoms with E-state index >= 15 is 0 Å². The maximum absolute atomic E-state index is 12.1. The van der Waals surface area contributed by atoms with Gasteiger partial charge in [-0.05, 0) is 37.9 Å². The standard InChI is InChI=1S/C16H21N3O/c1-2-12-7-5-6-10-19(12)11-15-17-14-9-4-3-8-13(14)16(20)18-15/h3-4,8-9,12H,2,5-7,10-11H2,1H3,(H,17,18,20). The zero-order chi connectivity index (χ0) is 13.9. The van der Waals surface area contributed by atoms with Crippen LogP contribution in [0.15, 0.2) is 29.1 Å². The van der Waals surface area contributed by atoms with Gasteiger partial charge in [0.25, 0.3) is 5.56 Å².